The van der Waals surface area contributed by atoms with E-state index >= 15 is 0 Å². The van der Waals surface area contributed by atoms with Crippen molar-refractivity contribution >= 4 is 17.6 Å². The topological polar surface area (TPSA) is 63.1 Å². The van der Waals surface area contributed by atoms with Gasteiger partial charge in [-0.3, -0.25) is 4.98 Å². The SMILES string of the molecule is O=C(O)c1ccc(-c2cncc(Cl)n2)cc1. The van der Waals surface area contributed by atoms with Crippen LogP contribution in [0.4, 0.5) is 0 Å². The van der Waals surface area contributed by atoms with Crippen LogP contribution in [0.2, 0.25) is 5.15 Å². The third-order valence-electron chi connectivity index (χ3n) is 2.03. The number of carboxylic acids is 1. The van der Waals surface area contributed by atoms with E-state index in [-0.39, 0.29) is 5.56 Å². The Balaban J connectivity index is 2.38. The molecule has 0 aliphatic carbocycles. The van der Waals surface area contributed by atoms with E-state index in [1.807, 2.05) is 0 Å². The molecule has 0 aliphatic rings. The second-order valence-electron chi connectivity index (χ2n) is 3.11. The Morgan fingerprint density at radius 3 is 2.44 bits per heavy atom. The van der Waals surface area contributed by atoms with Crippen LogP contribution in [-0.4, -0.2) is 21.0 Å². The lowest BCUT2D eigenvalue weighted by Crippen LogP contribution is -1.95. The molecule has 1 aromatic heterocycles. The number of nitrogens with zero attached hydrogens (tertiary/aromatic N) is 2. The molecule has 0 saturated carbocycles. The van der Waals surface area contributed by atoms with Crippen molar-refractivity contribution in [3.8, 4) is 11.3 Å². The van der Waals surface area contributed by atoms with Crippen LogP contribution in [0.15, 0.2) is 36.7 Å². The van der Waals surface area contributed by atoms with Gasteiger partial charge in [0.15, 0.2) is 0 Å². The molecule has 0 atom stereocenters. The molecule has 0 spiro atoms. The Kier molecular flexibility index (Phi) is 2.83. The first-order chi connectivity index (χ1) is 7.66. The normalized spacial score (nSPS) is 10.1. The van der Waals surface area contributed by atoms with Crippen LogP contribution in [0, 0.1) is 0 Å². The van der Waals surface area contributed by atoms with Crippen molar-refractivity contribution in [2.24, 2.45) is 0 Å². The molecule has 0 unspecified atom stereocenters. The summed E-state index contributed by atoms with van der Waals surface area (Å²) in [6.45, 7) is 0. The van der Waals surface area contributed by atoms with Crippen molar-refractivity contribution < 1.29 is 9.90 Å². The Bertz CT molecular complexity index is 526. The molecule has 0 amide bonds. The van der Waals surface area contributed by atoms with E-state index < -0.39 is 5.97 Å². The van der Waals surface area contributed by atoms with Gasteiger partial charge in [0.2, 0.25) is 0 Å². The number of aromatic nitrogens is 2. The maximum Gasteiger partial charge on any atom is 0.335 e. The number of benzene rings is 1. The summed E-state index contributed by atoms with van der Waals surface area (Å²) in [5.41, 5.74) is 1.63. The first-order valence-corrected chi connectivity index (χ1v) is 4.86. The minimum Gasteiger partial charge on any atom is -0.478 e. The van der Waals surface area contributed by atoms with Gasteiger partial charge in [0, 0.05) is 5.56 Å². The molecule has 0 aliphatic heterocycles. The van der Waals surface area contributed by atoms with Gasteiger partial charge >= 0.3 is 5.97 Å². The Morgan fingerprint density at radius 1 is 1.19 bits per heavy atom. The fraction of sp³-hybridized carbons (Fsp3) is 0. The van der Waals surface area contributed by atoms with Gasteiger partial charge in [-0.25, -0.2) is 9.78 Å². The van der Waals surface area contributed by atoms with Gasteiger partial charge in [-0.1, -0.05) is 23.7 Å². The fourth-order valence-corrected chi connectivity index (χ4v) is 1.41. The molecule has 0 bridgehead atoms. The Morgan fingerprint density at radius 2 is 1.88 bits per heavy atom. The van der Waals surface area contributed by atoms with Gasteiger partial charge in [-0.05, 0) is 12.1 Å². The molecule has 2 rings (SSSR count). The van der Waals surface area contributed by atoms with Crippen molar-refractivity contribution in [3.05, 3.63) is 47.4 Å². The maximum absolute atomic E-state index is 10.7. The number of carboxylic acid groups (broad SMARTS) is 1. The van der Waals surface area contributed by atoms with Gasteiger partial charge in [0.05, 0.1) is 23.7 Å². The zero-order valence-corrected chi connectivity index (χ0v) is 8.85. The number of hydrogen-bond donors (Lipinski definition) is 1. The number of carbonyl (C=O) groups is 1. The van der Waals surface area contributed by atoms with Crippen LogP contribution in [-0.2, 0) is 0 Å². The fourth-order valence-electron chi connectivity index (χ4n) is 1.26. The molecule has 4 nitrogen and oxygen atoms in total. The zero-order valence-electron chi connectivity index (χ0n) is 8.09. The Hall–Kier alpha value is -1.94. The number of rotatable bonds is 2. The summed E-state index contributed by atoms with van der Waals surface area (Å²) in [6.07, 6.45) is 3.01. The van der Waals surface area contributed by atoms with Crippen LogP contribution in [0.3, 0.4) is 0 Å². The lowest BCUT2D eigenvalue weighted by atomic mass is 10.1. The van der Waals surface area contributed by atoms with E-state index in [1.54, 1.807) is 18.3 Å². The monoisotopic (exact) mass is 234 g/mol. The molecule has 16 heavy (non-hydrogen) atoms. The van der Waals surface area contributed by atoms with E-state index in [1.165, 1.54) is 18.3 Å². The minimum atomic E-state index is -0.955. The molecule has 5 heteroatoms. The van der Waals surface area contributed by atoms with Crippen molar-refractivity contribution in [3.63, 3.8) is 0 Å². The average Bonchev–Trinajstić information content (AvgIpc) is 2.29. The molecule has 0 saturated heterocycles. The maximum atomic E-state index is 10.7. The third-order valence-corrected chi connectivity index (χ3v) is 2.21. The number of hydrogen-bond acceptors (Lipinski definition) is 3. The summed E-state index contributed by atoms with van der Waals surface area (Å²) in [5, 5.41) is 9.05. The highest BCUT2D eigenvalue weighted by atomic mass is 35.5. The zero-order chi connectivity index (χ0) is 11.5. The third kappa shape index (κ3) is 2.17. The van der Waals surface area contributed by atoms with Gasteiger partial charge in [0.25, 0.3) is 0 Å². The molecule has 1 N–H and O–H groups in total. The lowest BCUT2D eigenvalue weighted by molar-refractivity contribution is 0.0697. The van der Waals surface area contributed by atoms with E-state index in [4.69, 9.17) is 16.7 Å². The lowest BCUT2D eigenvalue weighted by Gasteiger charge is -2.01. The van der Waals surface area contributed by atoms with E-state index in [9.17, 15) is 4.79 Å². The van der Waals surface area contributed by atoms with Gasteiger partial charge in [-0.2, -0.15) is 0 Å². The summed E-state index contributed by atoms with van der Waals surface area (Å²) < 4.78 is 0. The van der Waals surface area contributed by atoms with Crippen molar-refractivity contribution in [1.29, 1.82) is 0 Å². The second-order valence-corrected chi connectivity index (χ2v) is 3.50. The smallest absolute Gasteiger partial charge is 0.335 e. The molecule has 0 radical (unpaired) electrons. The van der Waals surface area contributed by atoms with Gasteiger partial charge in [0.1, 0.15) is 5.15 Å². The summed E-state index contributed by atoms with van der Waals surface area (Å²) >= 11 is 5.71. The van der Waals surface area contributed by atoms with Crippen molar-refractivity contribution in [1.82, 2.24) is 9.97 Å². The molecule has 1 heterocycles. The molecule has 80 valence electrons. The summed E-state index contributed by atoms with van der Waals surface area (Å²) in [6, 6.07) is 6.37. The first-order valence-electron chi connectivity index (χ1n) is 4.48. The predicted molar refractivity (Wildman–Crippen MR) is 59.4 cm³/mol. The van der Waals surface area contributed by atoms with E-state index in [2.05, 4.69) is 9.97 Å². The number of halogens is 1. The molecule has 2 aromatic rings. The average molecular weight is 235 g/mol. The molecular weight excluding hydrogens is 228 g/mol. The Labute approximate surface area is 96.6 Å². The van der Waals surface area contributed by atoms with Crippen LogP contribution < -0.4 is 0 Å². The molecular formula is C11H7ClN2O2. The van der Waals surface area contributed by atoms with Gasteiger partial charge < -0.3 is 5.11 Å². The second kappa shape index (κ2) is 4.28. The van der Waals surface area contributed by atoms with Crippen molar-refractivity contribution in [2.75, 3.05) is 0 Å². The molecule has 0 fully saturated rings. The highest BCUT2D eigenvalue weighted by molar-refractivity contribution is 6.29. The highest BCUT2D eigenvalue weighted by Crippen LogP contribution is 2.18. The van der Waals surface area contributed by atoms with Crippen LogP contribution in [0.1, 0.15) is 10.4 Å². The van der Waals surface area contributed by atoms with Crippen LogP contribution >= 0.6 is 11.6 Å². The van der Waals surface area contributed by atoms with Crippen LogP contribution in [0.5, 0.6) is 0 Å². The highest BCUT2D eigenvalue weighted by Gasteiger charge is 2.04. The molecule has 1 aromatic carbocycles. The summed E-state index contributed by atoms with van der Waals surface area (Å²) in [7, 11) is 0. The van der Waals surface area contributed by atoms with E-state index in [0.717, 1.165) is 5.56 Å². The number of aromatic carboxylic acids is 1. The van der Waals surface area contributed by atoms with Gasteiger partial charge in [-0.15, -0.1) is 0 Å². The largest absolute Gasteiger partial charge is 0.478 e. The quantitative estimate of drug-likeness (QED) is 0.867. The first kappa shape index (κ1) is 10.6. The van der Waals surface area contributed by atoms with Crippen LogP contribution in [0.25, 0.3) is 11.3 Å². The predicted octanol–water partition coefficient (Wildman–Crippen LogP) is 2.50. The summed E-state index contributed by atoms with van der Waals surface area (Å²) in [4.78, 5) is 18.6. The summed E-state index contributed by atoms with van der Waals surface area (Å²) in [5.74, 6) is -0.955. The minimum absolute atomic E-state index is 0.235. The standard InChI is InChI=1S/C11H7ClN2O2/c12-10-6-13-5-9(14-10)7-1-3-8(4-2-7)11(15)16/h1-6H,(H,15,16). The van der Waals surface area contributed by atoms with E-state index in [0.29, 0.717) is 10.8 Å². The van der Waals surface area contributed by atoms with Crippen molar-refractivity contribution in [2.45, 2.75) is 0 Å².